The van der Waals surface area contributed by atoms with Crippen molar-refractivity contribution in [1.82, 2.24) is 0 Å². The lowest BCUT2D eigenvalue weighted by atomic mass is 9.95. The highest BCUT2D eigenvalue weighted by Crippen LogP contribution is 2.39. The molecule has 7 heteroatoms. The molecule has 0 spiro atoms. The van der Waals surface area contributed by atoms with Gasteiger partial charge in [0.25, 0.3) is 0 Å². The maximum Gasteiger partial charge on any atom is 0.164 e. The molecule has 1 heterocycles. The van der Waals surface area contributed by atoms with Gasteiger partial charge in [0.15, 0.2) is 5.79 Å². The lowest BCUT2D eigenvalue weighted by Crippen LogP contribution is -2.45. The molecule has 1 fully saturated rings. The molecule has 0 unspecified atom stereocenters. The molecule has 2 aliphatic rings. The third-order valence-electron chi connectivity index (χ3n) is 2.60. The van der Waals surface area contributed by atoms with Crippen molar-refractivity contribution in [3.8, 4) is 0 Å². The van der Waals surface area contributed by atoms with E-state index in [0.29, 0.717) is 5.03 Å². The zero-order valence-electron chi connectivity index (χ0n) is 8.87. The van der Waals surface area contributed by atoms with Gasteiger partial charge in [-0.05, 0) is 19.4 Å². The van der Waals surface area contributed by atoms with Crippen LogP contribution in [-0.4, -0.2) is 35.2 Å². The Morgan fingerprint density at radius 1 is 1.56 bits per heavy atom. The lowest BCUT2D eigenvalue weighted by Gasteiger charge is -2.29. The van der Waals surface area contributed by atoms with Gasteiger partial charge in [-0.2, -0.15) is 0 Å². The lowest BCUT2D eigenvalue weighted by molar-refractivity contribution is -0.153. The maximum absolute atomic E-state index is 9.95. The van der Waals surface area contributed by atoms with E-state index in [1.165, 1.54) is 6.08 Å². The predicted molar refractivity (Wildman–Crippen MR) is 56.7 cm³/mol. The highest BCUT2D eigenvalue weighted by atomic mass is 35.5. The summed E-state index contributed by atoms with van der Waals surface area (Å²) in [6.07, 6.45) is -0.525. The summed E-state index contributed by atoms with van der Waals surface area (Å²) in [7, 11) is 0. The Labute approximate surface area is 97.4 Å². The van der Waals surface area contributed by atoms with Gasteiger partial charge in [-0.15, -0.1) is 0 Å². The molecular formula is C9H12ClN3O3. The first kappa shape index (κ1) is 11.7. The highest BCUT2D eigenvalue weighted by molar-refractivity contribution is 6.30. The molecule has 0 aromatic heterocycles. The van der Waals surface area contributed by atoms with Gasteiger partial charge < -0.3 is 14.6 Å². The fourth-order valence-electron chi connectivity index (χ4n) is 1.96. The van der Waals surface area contributed by atoms with Crippen molar-refractivity contribution in [2.24, 2.45) is 5.11 Å². The highest BCUT2D eigenvalue weighted by Gasteiger charge is 2.50. The van der Waals surface area contributed by atoms with Crippen LogP contribution in [0.2, 0.25) is 0 Å². The van der Waals surface area contributed by atoms with Crippen LogP contribution in [-0.2, 0) is 9.47 Å². The summed E-state index contributed by atoms with van der Waals surface area (Å²) in [6, 6.07) is -0.712. The molecule has 1 saturated heterocycles. The van der Waals surface area contributed by atoms with Gasteiger partial charge in [-0.25, -0.2) is 0 Å². The second kappa shape index (κ2) is 3.91. The van der Waals surface area contributed by atoms with Gasteiger partial charge in [0.05, 0.1) is 12.1 Å². The number of nitrogens with zero attached hydrogens (tertiary/aromatic N) is 3. The predicted octanol–water partition coefficient (Wildman–Crippen LogP) is 1.68. The molecule has 88 valence electrons. The Bertz CT molecular complexity index is 378. The Hall–Kier alpha value is -0.780. The van der Waals surface area contributed by atoms with Crippen LogP contribution in [0.4, 0.5) is 0 Å². The molecule has 6 nitrogen and oxygen atoms in total. The first-order valence-corrected chi connectivity index (χ1v) is 5.27. The van der Waals surface area contributed by atoms with Crippen molar-refractivity contribution in [1.29, 1.82) is 0 Å². The minimum absolute atomic E-state index is 0.401. The summed E-state index contributed by atoms with van der Waals surface area (Å²) >= 11 is 6.00. The van der Waals surface area contributed by atoms with Crippen molar-refractivity contribution in [2.75, 3.05) is 0 Å². The quantitative estimate of drug-likeness (QED) is 0.433. The normalized spacial score (nSPS) is 40.9. The summed E-state index contributed by atoms with van der Waals surface area (Å²) in [6.45, 7) is 3.48. The van der Waals surface area contributed by atoms with E-state index in [4.69, 9.17) is 26.6 Å². The van der Waals surface area contributed by atoms with Crippen LogP contribution in [0, 0.1) is 0 Å². The molecule has 16 heavy (non-hydrogen) atoms. The number of halogens is 1. The van der Waals surface area contributed by atoms with Crippen LogP contribution in [0.15, 0.2) is 16.2 Å². The van der Waals surface area contributed by atoms with Crippen molar-refractivity contribution in [3.05, 3.63) is 21.6 Å². The summed E-state index contributed by atoms with van der Waals surface area (Å²) < 4.78 is 11.1. The van der Waals surface area contributed by atoms with E-state index in [-0.39, 0.29) is 0 Å². The van der Waals surface area contributed by atoms with Crippen LogP contribution in [0.25, 0.3) is 10.4 Å². The molecule has 2 rings (SSSR count). The molecule has 1 aliphatic carbocycles. The second-order valence-corrected chi connectivity index (χ2v) is 4.69. The fourth-order valence-corrected chi connectivity index (χ4v) is 2.26. The smallest absolute Gasteiger partial charge is 0.164 e. The second-order valence-electron chi connectivity index (χ2n) is 4.26. The van der Waals surface area contributed by atoms with E-state index < -0.39 is 30.1 Å². The van der Waals surface area contributed by atoms with Crippen molar-refractivity contribution in [3.63, 3.8) is 0 Å². The topological polar surface area (TPSA) is 87.5 Å². The Balaban J connectivity index is 2.30. The molecule has 1 N–H and O–H groups in total. The summed E-state index contributed by atoms with van der Waals surface area (Å²) in [4.78, 5) is 2.66. The molecule has 0 saturated carbocycles. The molecule has 4 atom stereocenters. The van der Waals surface area contributed by atoms with Crippen LogP contribution < -0.4 is 0 Å². The Morgan fingerprint density at radius 3 is 2.88 bits per heavy atom. The largest absolute Gasteiger partial charge is 0.390 e. The average molecular weight is 246 g/mol. The van der Waals surface area contributed by atoms with Gasteiger partial charge >= 0.3 is 0 Å². The van der Waals surface area contributed by atoms with Crippen LogP contribution in [0.3, 0.4) is 0 Å². The number of hydrogen-bond acceptors (Lipinski definition) is 4. The van der Waals surface area contributed by atoms with Crippen molar-refractivity contribution < 1.29 is 14.6 Å². The maximum atomic E-state index is 9.95. The number of aliphatic hydroxyl groups is 1. The van der Waals surface area contributed by atoms with E-state index in [9.17, 15) is 5.11 Å². The van der Waals surface area contributed by atoms with Crippen molar-refractivity contribution in [2.45, 2.75) is 44.0 Å². The summed E-state index contributed by atoms with van der Waals surface area (Å²) in [5.74, 6) is -0.796. The first-order chi connectivity index (χ1) is 7.44. The Kier molecular flexibility index (Phi) is 2.86. The van der Waals surface area contributed by atoms with Crippen LogP contribution in [0.5, 0.6) is 0 Å². The fraction of sp³-hybridized carbons (Fsp3) is 0.778. The first-order valence-electron chi connectivity index (χ1n) is 4.90. The average Bonchev–Trinajstić information content (AvgIpc) is 2.51. The minimum atomic E-state index is -0.940. The number of fused-ring (bicyclic) bond motifs is 1. The minimum Gasteiger partial charge on any atom is -0.390 e. The molecule has 0 amide bonds. The number of azide groups is 1. The molecule has 0 aromatic carbocycles. The monoisotopic (exact) mass is 245 g/mol. The van der Waals surface area contributed by atoms with Gasteiger partial charge in [0.1, 0.15) is 12.2 Å². The van der Waals surface area contributed by atoms with E-state index in [1.807, 2.05) is 0 Å². The van der Waals surface area contributed by atoms with E-state index in [2.05, 4.69) is 10.0 Å². The van der Waals surface area contributed by atoms with E-state index in [1.54, 1.807) is 13.8 Å². The third-order valence-corrected chi connectivity index (χ3v) is 2.94. The SMILES string of the molecule is CC1(C)O[C@H]2[C@@H](O)[C@@H](N=[N+]=[N-])C=C(Cl)[C@H]2O1. The molecule has 1 aliphatic heterocycles. The number of rotatable bonds is 1. The number of hydrogen-bond donors (Lipinski definition) is 1. The van der Waals surface area contributed by atoms with Crippen LogP contribution >= 0.6 is 11.6 Å². The zero-order valence-corrected chi connectivity index (χ0v) is 9.63. The number of ether oxygens (including phenoxy) is 2. The molecule has 0 radical (unpaired) electrons. The van der Waals surface area contributed by atoms with Crippen LogP contribution in [0.1, 0.15) is 13.8 Å². The number of aliphatic hydroxyl groups excluding tert-OH is 1. The van der Waals surface area contributed by atoms with Gasteiger partial charge in [-0.1, -0.05) is 22.8 Å². The standard InChI is InChI=1S/C9H12ClN3O3/c1-9(2)15-7-4(10)3-5(12-13-11)6(14)8(7)16-9/h3,5-8,14H,1-2H3/t5-,6-,7+,8-/m0/s1. The van der Waals surface area contributed by atoms with E-state index in [0.717, 1.165) is 0 Å². The summed E-state index contributed by atoms with van der Waals surface area (Å²) in [5, 5.41) is 13.8. The molecule has 0 aromatic rings. The van der Waals surface area contributed by atoms with Crippen molar-refractivity contribution >= 4 is 11.6 Å². The summed E-state index contributed by atoms with van der Waals surface area (Å²) in [5.41, 5.74) is 8.37. The van der Waals surface area contributed by atoms with Gasteiger partial charge in [0, 0.05) is 9.94 Å². The third kappa shape index (κ3) is 1.90. The molecular weight excluding hydrogens is 234 g/mol. The van der Waals surface area contributed by atoms with Gasteiger partial charge in [-0.3, -0.25) is 0 Å². The zero-order chi connectivity index (χ0) is 11.9. The molecule has 0 bridgehead atoms. The van der Waals surface area contributed by atoms with Gasteiger partial charge in [0.2, 0.25) is 0 Å². The van der Waals surface area contributed by atoms with E-state index >= 15 is 0 Å². The Morgan fingerprint density at radius 2 is 2.25 bits per heavy atom.